The molecule has 0 unspecified atom stereocenters. The molecule has 0 saturated heterocycles. The first-order valence-corrected chi connectivity index (χ1v) is 7.74. The Labute approximate surface area is 124 Å². The lowest BCUT2D eigenvalue weighted by molar-refractivity contribution is -0.0123. The number of rotatable bonds is 3. The van der Waals surface area contributed by atoms with Crippen LogP contribution in [0.3, 0.4) is 0 Å². The van der Waals surface area contributed by atoms with Gasteiger partial charge in [-0.05, 0) is 31.8 Å². The highest BCUT2D eigenvalue weighted by Crippen LogP contribution is 2.26. The molecule has 3 heteroatoms. The van der Waals surface area contributed by atoms with E-state index in [1.54, 1.807) is 6.08 Å². The van der Waals surface area contributed by atoms with E-state index in [1.807, 2.05) is 6.08 Å². The van der Waals surface area contributed by atoms with Crippen LogP contribution in [0, 0.1) is 12.3 Å². The molecule has 1 rings (SSSR count). The molecule has 0 N–H and O–H groups in total. The van der Waals surface area contributed by atoms with E-state index in [9.17, 15) is 0 Å². The van der Waals surface area contributed by atoms with Crippen LogP contribution >= 0.6 is 27.5 Å². The Morgan fingerprint density at radius 1 is 1.44 bits per heavy atom. The van der Waals surface area contributed by atoms with E-state index >= 15 is 0 Å². The Morgan fingerprint density at radius 3 is 2.83 bits per heavy atom. The maximum atomic E-state index is 6.40. The van der Waals surface area contributed by atoms with Gasteiger partial charge in [-0.25, -0.2) is 0 Å². The zero-order chi connectivity index (χ0) is 13.4. The lowest BCUT2D eigenvalue weighted by Gasteiger charge is -2.28. The van der Waals surface area contributed by atoms with E-state index in [1.165, 1.54) is 0 Å². The lowest BCUT2D eigenvalue weighted by Crippen LogP contribution is -2.33. The van der Waals surface area contributed by atoms with Gasteiger partial charge in [-0.3, -0.25) is 0 Å². The smallest absolute Gasteiger partial charge is 0.0780 e. The van der Waals surface area contributed by atoms with E-state index in [-0.39, 0.29) is 17.6 Å². The van der Waals surface area contributed by atoms with E-state index in [2.05, 4.69) is 40.9 Å². The van der Waals surface area contributed by atoms with Crippen LogP contribution in [-0.2, 0) is 4.74 Å². The normalized spacial score (nSPS) is 35.4. The highest BCUT2D eigenvalue weighted by atomic mass is 79.9. The number of hydrogen-bond acceptors (Lipinski definition) is 1. The summed E-state index contributed by atoms with van der Waals surface area (Å²) >= 11 is 10.1. The molecule has 0 radical (unpaired) electrons. The third-order valence-electron chi connectivity index (χ3n) is 3.03. The molecule has 1 aliphatic rings. The van der Waals surface area contributed by atoms with Crippen molar-refractivity contribution in [1.82, 2.24) is 0 Å². The van der Waals surface area contributed by atoms with Crippen LogP contribution in [0.5, 0.6) is 0 Å². The molecule has 0 saturated carbocycles. The summed E-state index contributed by atoms with van der Waals surface area (Å²) in [6.45, 7) is 2.14. The van der Waals surface area contributed by atoms with Crippen molar-refractivity contribution in [2.45, 2.75) is 55.0 Å². The average molecular weight is 332 g/mol. The third-order valence-corrected chi connectivity index (χ3v) is 4.45. The van der Waals surface area contributed by atoms with Crippen molar-refractivity contribution in [1.29, 1.82) is 0 Å². The van der Waals surface area contributed by atoms with Crippen LogP contribution in [0.1, 0.15) is 32.6 Å². The van der Waals surface area contributed by atoms with Crippen molar-refractivity contribution in [3.8, 4) is 12.3 Å². The number of ether oxygens (including phenoxy) is 1. The molecule has 0 fully saturated rings. The Bertz CT molecular complexity index is 332. The van der Waals surface area contributed by atoms with Crippen LogP contribution < -0.4 is 0 Å². The molecule has 0 amide bonds. The largest absolute Gasteiger partial charge is 0.372 e. The molecule has 0 aromatic rings. The molecule has 4 atom stereocenters. The summed E-state index contributed by atoms with van der Waals surface area (Å²) in [6.07, 6.45) is 17.0. The summed E-state index contributed by atoms with van der Waals surface area (Å²) in [6, 6.07) is 0. The summed E-state index contributed by atoms with van der Waals surface area (Å²) in [5.41, 5.74) is 0. The van der Waals surface area contributed by atoms with E-state index < -0.39 is 0 Å². The maximum Gasteiger partial charge on any atom is 0.0780 e. The summed E-state index contributed by atoms with van der Waals surface area (Å²) in [5.74, 6) is 2.49. The summed E-state index contributed by atoms with van der Waals surface area (Å²) in [7, 11) is 0. The monoisotopic (exact) mass is 330 g/mol. The predicted octanol–water partition coefficient (Wildman–Crippen LogP) is 4.45. The topological polar surface area (TPSA) is 9.23 Å². The van der Waals surface area contributed by atoms with E-state index in [0.29, 0.717) is 4.83 Å². The summed E-state index contributed by atoms with van der Waals surface area (Å²) in [5, 5.41) is -0.00414. The predicted molar refractivity (Wildman–Crippen MR) is 82.3 cm³/mol. The second-order valence-electron chi connectivity index (χ2n) is 4.40. The Morgan fingerprint density at radius 2 is 2.17 bits per heavy atom. The van der Waals surface area contributed by atoms with Gasteiger partial charge in [0, 0.05) is 4.83 Å². The Kier molecular flexibility index (Phi) is 7.74. The minimum Gasteiger partial charge on any atom is -0.372 e. The highest BCUT2D eigenvalue weighted by molar-refractivity contribution is 9.09. The number of allylic oxidation sites excluding steroid dienone is 3. The number of alkyl halides is 2. The van der Waals surface area contributed by atoms with Crippen molar-refractivity contribution in [3.63, 3.8) is 0 Å². The molecule has 0 bridgehead atoms. The first-order chi connectivity index (χ1) is 8.69. The van der Waals surface area contributed by atoms with Crippen LogP contribution in [0.15, 0.2) is 24.3 Å². The van der Waals surface area contributed by atoms with Gasteiger partial charge < -0.3 is 4.74 Å². The molecule has 0 aliphatic carbocycles. The average Bonchev–Trinajstić information content (AvgIpc) is 2.43. The van der Waals surface area contributed by atoms with Gasteiger partial charge in [0.2, 0.25) is 0 Å². The SMILES string of the molecule is C#C/C=C\C[C@H]1O[C@@H](CC)[C@@H](Br)C/C=C\C[C@H]1Cl. The number of terminal acetylenes is 1. The lowest BCUT2D eigenvalue weighted by atomic mass is 10.1. The van der Waals surface area contributed by atoms with Crippen LogP contribution in [0.25, 0.3) is 0 Å². The molecule has 1 aliphatic heterocycles. The number of halogens is 2. The fraction of sp³-hybridized carbons (Fsp3) is 0.600. The van der Waals surface area contributed by atoms with Gasteiger partial charge in [-0.15, -0.1) is 18.0 Å². The van der Waals surface area contributed by atoms with Gasteiger partial charge in [0.15, 0.2) is 0 Å². The van der Waals surface area contributed by atoms with Crippen LogP contribution in [0.4, 0.5) is 0 Å². The van der Waals surface area contributed by atoms with Crippen molar-refractivity contribution in [3.05, 3.63) is 24.3 Å². The quantitative estimate of drug-likeness (QED) is 0.422. The zero-order valence-electron chi connectivity index (χ0n) is 10.7. The van der Waals surface area contributed by atoms with E-state index in [0.717, 1.165) is 25.7 Å². The fourth-order valence-electron chi connectivity index (χ4n) is 1.98. The fourth-order valence-corrected chi connectivity index (χ4v) is 2.96. The minimum absolute atomic E-state index is 0.00414. The number of hydrogen-bond donors (Lipinski definition) is 0. The second-order valence-corrected chi connectivity index (χ2v) is 6.14. The van der Waals surface area contributed by atoms with Gasteiger partial charge in [-0.1, -0.05) is 47.0 Å². The zero-order valence-corrected chi connectivity index (χ0v) is 13.0. The van der Waals surface area contributed by atoms with Crippen molar-refractivity contribution >= 4 is 27.5 Å². The molecular formula is C15H20BrClO. The molecule has 0 spiro atoms. The molecule has 0 aromatic carbocycles. The highest BCUT2D eigenvalue weighted by Gasteiger charge is 2.26. The molecule has 0 aromatic heterocycles. The second kappa shape index (κ2) is 8.80. The molecule has 1 nitrogen and oxygen atoms in total. The third kappa shape index (κ3) is 5.18. The van der Waals surface area contributed by atoms with Gasteiger partial charge >= 0.3 is 0 Å². The van der Waals surface area contributed by atoms with Gasteiger partial charge in [0.1, 0.15) is 0 Å². The van der Waals surface area contributed by atoms with Crippen LogP contribution in [-0.4, -0.2) is 22.4 Å². The molecule has 100 valence electrons. The first-order valence-electron chi connectivity index (χ1n) is 6.38. The maximum absolute atomic E-state index is 6.40. The molecule has 1 heterocycles. The van der Waals surface area contributed by atoms with Crippen molar-refractivity contribution in [2.24, 2.45) is 0 Å². The molecular weight excluding hydrogens is 312 g/mol. The molecule has 18 heavy (non-hydrogen) atoms. The Hall–Kier alpha value is -0.230. The summed E-state index contributed by atoms with van der Waals surface area (Å²) < 4.78 is 6.15. The Balaban J connectivity index is 2.73. The van der Waals surface area contributed by atoms with Crippen LogP contribution in [0.2, 0.25) is 0 Å². The summed E-state index contributed by atoms with van der Waals surface area (Å²) in [4.78, 5) is 0.347. The minimum atomic E-state index is -0.00414. The van der Waals surface area contributed by atoms with Crippen molar-refractivity contribution < 1.29 is 4.74 Å². The van der Waals surface area contributed by atoms with Gasteiger partial charge in [-0.2, -0.15) is 0 Å². The standard InChI is InChI=1S/C15H20BrClO/c1-3-5-6-11-15-13(17)10-8-7-9-12(16)14(4-2)18-15/h1,5-8,12-15H,4,9-11H2,2H3/b6-5-,8-7-/t12-,13+,14-,15+/m0/s1. The van der Waals surface area contributed by atoms with Gasteiger partial charge in [0.05, 0.1) is 17.6 Å². The van der Waals surface area contributed by atoms with E-state index in [4.69, 9.17) is 22.8 Å². The first kappa shape index (κ1) is 15.8. The van der Waals surface area contributed by atoms with Gasteiger partial charge in [0.25, 0.3) is 0 Å². The van der Waals surface area contributed by atoms with Crippen molar-refractivity contribution in [2.75, 3.05) is 0 Å².